The Morgan fingerprint density at radius 2 is 2.19 bits per heavy atom. The highest BCUT2D eigenvalue weighted by molar-refractivity contribution is 6.31. The SMILES string of the molecule is COF.NCc1ccc(N2CC[C@@](O)(c3ccc(C=O)cn3)C2)cc1Cl. The predicted molar refractivity (Wildman–Crippen MR) is 97.8 cm³/mol. The second-order valence-electron chi connectivity index (χ2n) is 5.93. The third-order valence-electron chi connectivity index (χ3n) is 4.27. The van der Waals surface area contributed by atoms with Crippen molar-refractivity contribution >= 4 is 23.6 Å². The summed E-state index contributed by atoms with van der Waals surface area (Å²) in [6.45, 7) is 1.53. The molecule has 1 fully saturated rings. The van der Waals surface area contributed by atoms with E-state index in [9.17, 15) is 14.4 Å². The zero-order chi connectivity index (χ0) is 19.2. The third-order valence-corrected chi connectivity index (χ3v) is 4.62. The van der Waals surface area contributed by atoms with Crippen LogP contribution in [-0.2, 0) is 17.1 Å². The first-order valence-electron chi connectivity index (χ1n) is 7.99. The van der Waals surface area contributed by atoms with Gasteiger partial charge in [0, 0.05) is 42.0 Å². The van der Waals surface area contributed by atoms with E-state index in [4.69, 9.17) is 17.3 Å². The molecular formula is C18H21ClFN3O3. The number of aliphatic hydroxyl groups is 1. The minimum absolute atomic E-state index is 0.399. The van der Waals surface area contributed by atoms with E-state index >= 15 is 0 Å². The van der Waals surface area contributed by atoms with Crippen LogP contribution in [0.5, 0.6) is 0 Å². The molecule has 2 aromatic rings. The van der Waals surface area contributed by atoms with Crippen molar-refractivity contribution in [3.05, 3.63) is 58.4 Å². The number of hydrogen-bond acceptors (Lipinski definition) is 6. The molecule has 2 heterocycles. The van der Waals surface area contributed by atoms with Crippen LogP contribution in [0.15, 0.2) is 36.5 Å². The van der Waals surface area contributed by atoms with Gasteiger partial charge in [-0.05, 0) is 34.4 Å². The maximum atomic E-state index is 10.9. The van der Waals surface area contributed by atoms with Crippen LogP contribution in [0.1, 0.15) is 28.0 Å². The van der Waals surface area contributed by atoms with E-state index in [2.05, 4.69) is 14.8 Å². The molecule has 0 amide bonds. The molecule has 8 heteroatoms. The van der Waals surface area contributed by atoms with Gasteiger partial charge in [-0.1, -0.05) is 17.7 Å². The first kappa shape index (κ1) is 20.3. The second-order valence-corrected chi connectivity index (χ2v) is 6.34. The summed E-state index contributed by atoms with van der Waals surface area (Å²) in [4.78, 5) is 19.8. The van der Waals surface area contributed by atoms with Crippen LogP contribution in [0.3, 0.4) is 0 Å². The monoisotopic (exact) mass is 381 g/mol. The molecule has 0 spiro atoms. The van der Waals surface area contributed by atoms with Crippen LogP contribution in [0.2, 0.25) is 5.02 Å². The van der Waals surface area contributed by atoms with Gasteiger partial charge < -0.3 is 15.7 Å². The van der Waals surface area contributed by atoms with Gasteiger partial charge in [0.2, 0.25) is 0 Å². The Labute approximate surface area is 156 Å². The number of hydrogen-bond donors (Lipinski definition) is 2. The smallest absolute Gasteiger partial charge is 0.151 e. The summed E-state index contributed by atoms with van der Waals surface area (Å²) in [6.07, 6.45) is 2.79. The van der Waals surface area contributed by atoms with E-state index in [1.54, 1.807) is 12.1 Å². The molecule has 1 aliphatic heterocycles. The highest BCUT2D eigenvalue weighted by Crippen LogP contribution is 2.35. The Balaban J connectivity index is 0.000000758. The highest BCUT2D eigenvalue weighted by Gasteiger charge is 2.39. The molecule has 3 rings (SSSR count). The van der Waals surface area contributed by atoms with Crippen LogP contribution >= 0.6 is 11.6 Å². The van der Waals surface area contributed by atoms with Gasteiger partial charge in [0.25, 0.3) is 0 Å². The molecule has 0 radical (unpaired) electrons. The third kappa shape index (κ3) is 4.56. The van der Waals surface area contributed by atoms with Crippen molar-refractivity contribution in [1.29, 1.82) is 0 Å². The number of pyridine rings is 1. The number of nitrogens with two attached hydrogens (primary N) is 1. The summed E-state index contributed by atoms with van der Waals surface area (Å²) in [5.74, 6) is 0. The molecular weight excluding hydrogens is 361 g/mol. The molecule has 1 aromatic carbocycles. The zero-order valence-corrected chi connectivity index (χ0v) is 15.1. The van der Waals surface area contributed by atoms with E-state index in [1.165, 1.54) is 6.20 Å². The average molecular weight is 382 g/mol. The number of benzene rings is 1. The Morgan fingerprint density at radius 3 is 2.73 bits per heavy atom. The van der Waals surface area contributed by atoms with E-state index in [-0.39, 0.29) is 0 Å². The van der Waals surface area contributed by atoms with Crippen LogP contribution in [0, 0.1) is 0 Å². The zero-order valence-electron chi connectivity index (χ0n) is 14.4. The van der Waals surface area contributed by atoms with Crippen LogP contribution < -0.4 is 10.6 Å². The molecule has 6 nitrogen and oxygen atoms in total. The maximum absolute atomic E-state index is 10.9. The van der Waals surface area contributed by atoms with Crippen molar-refractivity contribution < 1.29 is 19.4 Å². The van der Waals surface area contributed by atoms with Gasteiger partial charge in [-0.2, -0.15) is 4.94 Å². The first-order chi connectivity index (χ1) is 12.5. The molecule has 26 heavy (non-hydrogen) atoms. The molecule has 0 aliphatic carbocycles. The molecule has 140 valence electrons. The van der Waals surface area contributed by atoms with Gasteiger partial charge in [-0.3, -0.25) is 9.78 Å². The summed E-state index contributed by atoms with van der Waals surface area (Å²) in [5.41, 5.74) is 7.52. The Morgan fingerprint density at radius 1 is 1.46 bits per heavy atom. The summed E-state index contributed by atoms with van der Waals surface area (Å²) in [6, 6.07) is 9.12. The summed E-state index contributed by atoms with van der Waals surface area (Å²) >= 11 is 6.21. The highest BCUT2D eigenvalue weighted by atomic mass is 35.5. The summed E-state index contributed by atoms with van der Waals surface area (Å²) in [7, 11) is 0.958. The molecule has 1 atom stereocenters. The van der Waals surface area contributed by atoms with Crippen LogP contribution in [0.4, 0.5) is 10.2 Å². The van der Waals surface area contributed by atoms with Gasteiger partial charge >= 0.3 is 0 Å². The number of β-amino-alcohol motifs (C(OH)–C–C–N with tert-alkyl or cyclic N) is 1. The molecule has 3 N–H and O–H groups in total. The average Bonchev–Trinajstić information content (AvgIpc) is 3.06. The van der Waals surface area contributed by atoms with Crippen molar-refractivity contribution in [3.8, 4) is 0 Å². The van der Waals surface area contributed by atoms with Crippen LogP contribution in [0.25, 0.3) is 0 Å². The number of rotatable bonds is 4. The van der Waals surface area contributed by atoms with Crippen molar-refractivity contribution in [3.63, 3.8) is 0 Å². The topological polar surface area (TPSA) is 88.7 Å². The number of nitrogens with zero attached hydrogens (tertiary/aromatic N) is 2. The normalized spacial score (nSPS) is 19.0. The van der Waals surface area contributed by atoms with E-state index < -0.39 is 5.60 Å². The largest absolute Gasteiger partial charge is 0.382 e. The fourth-order valence-electron chi connectivity index (χ4n) is 2.87. The van der Waals surface area contributed by atoms with Crippen molar-refractivity contribution in [2.75, 3.05) is 25.1 Å². The molecule has 1 aliphatic rings. The molecule has 1 aromatic heterocycles. The number of carbonyl (C=O) groups excluding carboxylic acids is 1. The van der Waals surface area contributed by atoms with Gasteiger partial charge in [0.15, 0.2) is 6.29 Å². The minimum Gasteiger partial charge on any atom is -0.382 e. The lowest BCUT2D eigenvalue weighted by Crippen LogP contribution is -2.31. The van der Waals surface area contributed by atoms with E-state index in [1.807, 2.05) is 18.2 Å². The van der Waals surface area contributed by atoms with Gasteiger partial charge in [-0.25, -0.2) is 0 Å². The molecule has 0 bridgehead atoms. The minimum atomic E-state index is -1.03. The summed E-state index contributed by atoms with van der Waals surface area (Å²) in [5, 5.41) is 11.5. The van der Waals surface area contributed by atoms with E-state index in [0.29, 0.717) is 42.3 Å². The fraction of sp³-hybridized carbons (Fsp3) is 0.333. The lowest BCUT2D eigenvalue weighted by atomic mass is 9.98. The molecule has 0 unspecified atom stereocenters. The lowest BCUT2D eigenvalue weighted by molar-refractivity contribution is -0.0960. The predicted octanol–water partition coefficient (Wildman–Crippen LogP) is 2.62. The number of anilines is 1. The maximum Gasteiger partial charge on any atom is 0.151 e. The number of aldehydes is 1. The Hall–Kier alpha value is -2.06. The van der Waals surface area contributed by atoms with Crippen molar-refractivity contribution in [1.82, 2.24) is 4.98 Å². The van der Waals surface area contributed by atoms with Gasteiger partial charge in [0.05, 0.1) is 19.3 Å². The fourth-order valence-corrected chi connectivity index (χ4v) is 3.12. The van der Waals surface area contributed by atoms with Crippen molar-refractivity contribution in [2.45, 2.75) is 18.6 Å². The Kier molecular flexibility index (Phi) is 7.05. The van der Waals surface area contributed by atoms with Crippen LogP contribution in [-0.4, -0.2) is 36.6 Å². The standard InChI is InChI=1S/C17H18ClN3O2.CH3FO/c18-15-7-14(3-2-13(15)8-19)21-6-5-17(23,11-21)16-4-1-12(10-22)9-20-16;1-3-2/h1-4,7,9-10,23H,5-6,8,11,19H2;1H3/t17-;/m0./s1. The quantitative estimate of drug-likeness (QED) is 0.791. The van der Waals surface area contributed by atoms with E-state index in [0.717, 1.165) is 24.6 Å². The lowest BCUT2D eigenvalue weighted by Gasteiger charge is -2.24. The first-order valence-corrected chi connectivity index (χ1v) is 8.37. The number of aromatic nitrogens is 1. The molecule has 0 saturated carbocycles. The number of carbonyl (C=O) groups is 1. The number of halogens is 2. The van der Waals surface area contributed by atoms with Gasteiger partial charge in [-0.15, -0.1) is 0 Å². The Bertz CT molecular complexity index is 745. The van der Waals surface area contributed by atoms with Gasteiger partial charge in [0.1, 0.15) is 5.60 Å². The summed E-state index contributed by atoms with van der Waals surface area (Å²) < 4.78 is 9.79. The van der Waals surface area contributed by atoms with Crippen molar-refractivity contribution in [2.24, 2.45) is 5.73 Å². The second kappa shape index (κ2) is 9.05. The molecule has 1 saturated heterocycles.